The topological polar surface area (TPSA) is 30.7 Å². The van der Waals surface area contributed by atoms with Crippen LogP contribution in [0.3, 0.4) is 0 Å². The summed E-state index contributed by atoms with van der Waals surface area (Å²) in [5.74, 6) is 0.511. The van der Waals surface area contributed by atoms with Gasteiger partial charge in [0.15, 0.2) is 0 Å². The summed E-state index contributed by atoms with van der Waals surface area (Å²) in [4.78, 5) is 8.89. The SMILES string of the molecule is ClCc1csc(CCCCn2cnc3ccccc32)n1. The van der Waals surface area contributed by atoms with Gasteiger partial charge in [-0.05, 0) is 31.4 Å². The summed E-state index contributed by atoms with van der Waals surface area (Å²) in [5, 5.41) is 3.24. The molecule has 0 fully saturated rings. The molecule has 3 aromatic rings. The van der Waals surface area contributed by atoms with Crippen LogP contribution in [0.5, 0.6) is 0 Å². The van der Waals surface area contributed by atoms with Crippen molar-refractivity contribution in [3.63, 3.8) is 0 Å². The van der Waals surface area contributed by atoms with Crippen molar-refractivity contribution in [1.82, 2.24) is 14.5 Å². The first-order valence-corrected chi connectivity index (χ1v) is 8.17. The zero-order valence-corrected chi connectivity index (χ0v) is 12.7. The number of rotatable bonds is 6. The Morgan fingerprint density at radius 3 is 2.95 bits per heavy atom. The van der Waals surface area contributed by atoms with E-state index >= 15 is 0 Å². The fourth-order valence-corrected chi connectivity index (χ4v) is 3.34. The van der Waals surface area contributed by atoms with Gasteiger partial charge < -0.3 is 4.57 Å². The maximum atomic E-state index is 5.76. The average Bonchev–Trinajstić information content (AvgIpc) is 3.10. The van der Waals surface area contributed by atoms with Crippen molar-refractivity contribution in [3.05, 3.63) is 46.7 Å². The summed E-state index contributed by atoms with van der Waals surface area (Å²) in [6.45, 7) is 1.01. The fourth-order valence-electron chi connectivity index (χ4n) is 2.27. The summed E-state index contributed by atoms with van der Waals surface area (Å²) in [6, 6.07) is 8.26. The Morgan fingerprint density at radius 1 is 1.20 bits per heavy atom. The molecule has 5 heteroatoms. The van der Waals surface area contributed by atoms with Crippen molar-refractivity contribution in [2.24, 2.45) is 0 Å². The molecule has 3 nitrogen and oxygen atoms in total. The van der Waals surface area contributed by atoms with Gasteiger partial charge in [-0.25, -0.2) is 9.97 Å². The molecule has 0 saturated heterocycles. The van der Waals surface area contributed by atoms with Crippen molar-refractivity contribution in [2.45, 2.75) is 31.7 Å². The molecular weight excluding hydrogens is 290 g/mol. The van der Waals surface area contributed by atoms with Crippen LogP contribution in [0.1, 0.15) is 23.5 Å². The first-order valence-electron chi connectivity index (χ1n) is 6.76. The summed E-state index contributed by atoms with van der Waals surface area (Å²) in [5.41, 5.74) is 3.28. The quantitative estimate of drug-likeness (QED) is 0.503. The highest BCUT2D eigenvalue weighted by atomic mass is 35.5. The third kappa shape index (κ3) is 3.02. The van der Waals surface area contributed by atoms with Gasteiger partial charge in [-0.15, -0.1) is 22.9 Å². The predicted molar refractivity (Wildman–Crippen MR) is 84.3 cm³/mol. The molecule has 1 aromatic carbocycles. The van der Waals surface area contributed by atoms with Crippen LogP contribution in [0.2, 0.25) is 0 Å². The van der Waals surface area contributed by atoms with E-state index in [1.807, 2.05) is 17.8 Å². The van der Waals surface area contributed by atoms with Gasteiger partial charge in [0.2, 0.25) is 0 Å². The van der Waals surface area contributed by atoms with Gasteiger partial charge in [0.25, 0.3) is 0 Å². The lowest BCUT2D eigenvalue weighted by Crippen LogP contribution is -1.97. The van der Waals surface area contributed by atoms with Crippen LogP contribution in [0.25, 0.3) is 11.0 Å². The molecule has 2 heterocycles. The van der Waals surface area contributed by atoms with Gasteiger partial charge >= 0.3 is 0 Å². The van der Waals surface area contributed by atoms with Crippen LogP contribution in [0.4, 0.5) is 0 Å². The zero-order valence-electron chi connectivity index (χ0n) is 11.1. The smallest absolute Gasteiger partial charge is 0.0958 e. The third-order valence-corrected chi connectivity index (χ3v) is 4.53. The highest BCUT2D eigenvalue weighted by molar-refractivity contribution is 7.09. The van der Waals surface area contributed by atoms with Crippen LogP contribution in [-0.2, 0) is 18.8 Å². The van der Waals surface area contributed by atoms with E-state index in [9.17, 15) is 0 Å². The van der Waals surface area contributed by atoms with Crippen molar-refractivity contribution in [1.29, 1.82) is 0 Å². The van der Waals surface area contributed by atoms with Gasteiger partial charge in [-0.1, -0.05) is 12.1 Å². The largest absolute Gasteiger partial charge is 0.331 e. The lowest BCUT2D eigenvalue weighted by atomic mass is 10.2. The van der Waals surface area contributed by atoms with Gasteiger partial charge in [-0.3, -0.25) is 0 Å². The lowest BCUT2D eigenvalue weighted by molar-refractivity contribution is 0.619. The molecule has 0 aliphatic carbocycles. The van der Waals surface area contributed by atoms with E-state index < -0.39 is 0 Å². The molecule has 0 N–H and O–H groups in total. The Hall–Kier alpha value is -1.39. The molecule has 0 unspecified atom stereocenters. The Labute approximate surface area is 127 Å². The summed E-state index contributed by atoms with van der Waals surface area (Å²) < 4.78 is 2.22. The minimum atomic E-state index is 0.511. The van der Waals surface area contributed by atoms with E-state index in [-0.39, 0.29) is 0 Å². The molecule has 0 bridgehead atoms. The summed E-state index contributed by atoms with van der Waals surface area (Å²) >= 11 is 7.47. The van der Waals surface area contributed by atoms with Gasteiger partial charge in [0.1, 0.15) is 0 Å². The Balaban J connectivity index is 1.52. The zero-order chi connectivity index (χ0) is 13.8. The number of imidazole rings is 1. The number of halogens is 1. The molecule has 0 spiro atoms. The van der Waals surface area contributed by atoms with E-state index in [0.717, 1.165) is 37.0 Å². The number of fused-ring (bicyclic) bond motifs is 1. The van der Waals surface area contributed by atoms with Crippen molar-refractivity contribution in [2.75, 3.05) is 0 Å². The summed E-state index contributed by atoms with van der Waals surface area (Å²) in [6.07, 6.45) is 5.24. The molecule has 0 saturated carbocycles. The van der Waals surface area contributed by atoms with E-state index in [4.69, 9.17) is 11.6 Å². The van der Waals surface area contributed by atoms with Crippen LogP contribution < -0.4 is 0 Å². The number of para-hydroxylation sites is 2. The monoisotopic (exact) mass is 305 g/mol. The number of aryl methyl sites for hydroxylation is 2. The van der Waals surface area contributed by atoms with Gasteiger partial charge in [-0.2, -0.15) is 0 Å². The number of alkyl halides is 1. The van der Waals surface area contributed by atoms with Crippen LogP contribution in [0, 0.1) is 0 Å². The molecule has 3 rings (SSSR count). The fraction of sp³-hybridized carbons (Fsp3) is 0.333. The second-order valence-corrected chi connectivity index (χ2v) is 5.96. The van der Waals surface area contributed by atoms with E-state index in [1.54, 1.807) is 11.3 Å². The number of thiazole rings is 1. The predicted octanol–water partition coefficient (Wildman–Crippen LogP) is 4.25. The number of hydrogen-bond donors (Lipinski definition) is 0. The Kier molecular flexibility index (Phi) is 4.33. The highest BCUT2D eigenvalue weighted by Gasteiger charge is 2.03. The molecule has 0 aliphatic heterocycles. The van der Waals surface area contributed by atoms with E-state index in [1.165, 1.54) is 10.5 Å². The van der Waals surface area contributed by atoms with Crippen LogP contribution in [0.15, 0.2) is 36.0 Å². The van der Waals surface area contributed by atoms with Gasteiger partial charge in [0, 0.05) is 11.9 Å². The third-order valence-electron chi connectivity index (χ3n) is 3.30. The molecule has 0 atom stereocenters. The van der Waals surface area contributed by atoms with Crippen molar-refractivity contribution in [3.8, 4) is 0 Å². The summed E-state index contributed by atoms with van der Waals surface area (Å²) in [7, 11) is 0. The first-order chi connectivity index (χ1) is 9.86. The normalized spacial score (nSPS) is 11.2. The second kappa shape index (κ2) is 6.37. The Bertz CT molecular complexity index is 689. The van der Waals surface area contributed by atoms with Crippen LogP contribution in [-0.4, -0.2) is 14.5 Å². The van der Waals surface area contributed by atoms with E-state index in [2.05, 4.69) is 32.7 Å². The highest BCUT2D eigenvalue weighted by Crippen LogP contribution is 2.16. The maximum Gasteiger partial charge on any atom is 0.0958 e. The van der Waals surface area contributed by atoms with Crippen molar-refractivity contribution >= 4 is 34.0 Å². The first kappa shape index (κ1) is 13.6. The number of aromatic nitrogens is 3. The minimum absolute atomic E-state index is 0.511. The molecule has 0 radical (unpaired) electrons. The Morgan fingerprint density at radius 2 is 2.10 bits per heavy atom. The van der Waals surface area contributed by atoms with Gasteiger partial charge in [0.05, 0.1) is 33.9 Å². The molecule has 104 valence electrons. The molecule has 0 amide bonds. The van der Waals surface area contributed by atoms with Crippen molar-refractivity contribution < 1.29 is 0 Å². The second-order valence-electron chi connectivity index (χ2n) is 4.75. The number of unbranched alkanes of at least 4 members (excludes halogenated alkanes) is 1. The molecule has 20 heavy (non-hydrogen) atoms. The number of benzene rings is 1. The standard InChI is InChI=1S/C15H16ClN3S/c16-9-12-10-20-15(18-12)7-3-4-8-19-11-17-13-5-1-2-6-14(13)19/h1-2,5-6,10-11H,3-4,7-9H2. The number of hydrogen-bond acceptors (Lipinski definition) is 3. The number of nitrogens with zero attached hydrogens (tertiary/aromatic N) is 3. The average molecular weight is 306 g/mol. The van der Waals surface area contributed by atoms with Crippen LogP contribution >= 0.6 is 22.9 Å². The maximum absolute atomic E-state index is 5.76. The molecule has 2 aromatic heterocycles. The van der Waals surface area contributed by atoms with E-state index in [0.29, 0.717) is 5.88 Å². The minimum Gasteiger partial charge on any atom is -0.331 e. The molecular formula is C15H16ClN3S. The molecule has 0 aliphatic rings. The lowest BCUT2D eigenvalue weighted by Gasteiger charge is -2.03.